The van der Waals surface area contributed by atoms with Crippen LogP contribution in [0.5, 0.6) is 11.5 Å². The number of hydrogen-bond acceptors (Lipinski definition) is 10. The van der Waals surface area contributed by atoms with Crippen LogP contribution in [0.25, 0.3) is 21.8 Å². The van der Waals surface area contributed by atoms with Crippen molar-refractivity contribution in [3.63, 3.8) is 0 Å². The van der Waals surface area contributed by atoms with Crippen LogP contribution < -0.4 is 15.9 Å². The standard InChI is InChI=1S/2C22H17N3O3.Hg/c2*26-22-19(12-11-16-8-5-13-23-21(16)22)20(15-6-2-1-3-7-15)24-17-9-4-10-18(14-17)25(27)28;/h2*1-14,20,24,26H;/q;;+2/p-2. The first-order chi connectivity index (χ1) is 27.9. The van der Waals surface area contributed by atoms with Crippen LogP contribution in [-0.2, 0) is 25.5 Å². The Morgan fingerprint density at radius 1 is 0.509 bits per heavy atom. The van der Waals surface area contributed by atoms with E-state index in [1.165, 1.54) is 24.3 Å². The number of nitrogens with zero attached hydrogens (tertiary/aromatic N) is 4. The summed E-state index contributed by atoms with van der Waals surface area (Å²) < 4.78 is 13.7. The molecule has 0 amide bonds. The summed E-state index contributed by atoms with van der Waals surface area (Å²) in [4.78, 5) is 32.0. The Labute approximate surface area is 340 Å². The van der Waals surface area contributed by atoms with Gasteiger partial charge in [-0.1, -0.05) is 0 Å². The van der Waals surface area contributed by atoms with Gasteiger partial charge in [0.1, 0.15) is 0 Å². The van der Waals surface area contributed by atoms with Crippen molar-refractivity contribution in [2.45, 2.75) is 12.1 Å². The molecule has 0 bridgehead atoms. The van der Waals surface area contributed by atoms with E-state index in [1.807, 2.05) is 109 Å². The molecule has 0 radical (unpaired) electrons. The molecule has 0 saturated heterocycles. The molecule has 8 rings (SSSR count). The zero-order chi connectivity index (χ0) is 39.1. The van der Waals surface area contributed by atoms with Crippen molar-refractivity contribution in [2.75, 3.05) is 10.6 Å². The van der Waals surface area contributed by atoms with E-state index >= 15 is 0 Å². The van der Waals surface area contributed by atoms with Crippen molar-refractivity contribution >= 4 is 44.6 Å². The van der Waals surface area contributed by atoms with Gasteiger partial charge in [0.15, 0.2) is 0 Å². The summed E-state index contributed by atoms with van der Waals surface area (Å²) in [5, 5.41) is 32.2. The fourth-order valence-corrected chi connectivity index (χ4v) is 10.4. The van der Waals surface area contributed by atoms with Crippen LogP contribution in [0.4, 0.5) is 22.7 Å². The molecule has 57 heavy (non-hydrogen) atoms. The van der Waals surface area contributed by atoms with Gasteiger partial charge in [0.05, 0.1) is 0 Å². The Hall–Kier alpha value is -6.92. The Morgan fingerprint density at radius 3 is 1.37 bits per heavy atom. The van der Waals surface area contributed by atoms with Crippen molar-refractivity contribution < 1.29 is 40.6 Å². The maximum atomic E-state index is 11.7. The molecule has 2 unspecified atom stereocenters. The molecule has 0 aliphatic heterocycles. The third-order valence-electron chi connectivity index (χ3n) is 9.55. The van der Waals surface area contributed by atoms with Gasteiger partial charge in [-0.25, -0.2) is 0 Å². The average molecular weight is 941 g/mol. The van der Waals surface area contributed by atoms with Crippen LogP contribution >= 0.6 is 0 Å². The monoisotopic (exact) mass is 942 g/mol. The number of non-ortho nitro benzene ring substituents is 2. The zero-order valence-electron chi connectivity index (χ0n) is 30.3. The van der Waals surface area contributed by atoms with Crippen molar-refractivity contribution in [3.05, 3.63) is 213 Å². The quantitative estimate of drug-likeness (QED) is 0.0612. The average Bonchev–Trinajstić information content (AvgIpc) is 3.25. The molecule has 276 valence electrons. The van der Waals surface area contributed by atoms with Crippen LogP contribution in [0.2, 0.25) is 0 Å². The molecule has 2 heterocycles. The molecule has 13 heteroatoms. The molecule has 2 aromatic heterocycles. The molecule has 0 saturated carbocycles. The van der Waals surface area contributed by atoms with Gasteiger partial charge >= 0.3 is 342 Å². The van der Waals surface area contributed by atoms with Gasteiger partial charge in [0, 0.05) is 0 Å². The number of nitrogens with one attached hydrogen (secondary N) is 2. The minimum absolute atomic E-state index is 0.0259. The van der Waals surface area contributed by atoms with Gasteiger partial charge in [-0.05, 0) is 0 Å². The first-order valence-corrected chi connectivity index (χ1v) is 22.5. The second-order valence-electron chi connectivity index (χ2n) is 13.1. The van der Waals surface area contributed by atoms with E-state index in [9.17, 15) is 20.2 Å². The van der Waals surface area contributed by atoms with E-state index in [-0.39, 0.29) is 11.4 Å². The van der Waals surface area contributed by atoms with E-state index < -0.39 is 47.4 Å². The van der Waals surface area contributed by atoms with Gasteiger partial charge in [-0.3, -0.25) is 0 Å². The molecule has 0 aliphatic rings. The third kappa shape index (κ3) is 8.21. The number of aromatic nitrogens is 2. The molecule has 6 aromatic carbocycles. The van der Waals surface area contributed by atoms with Crippen LogP contribution in [0.15, 0.2) is 170 Å². The number of pyridine rings is 2. The SMILES string of the molecule is O=[N+]([O-])c1cccc(NC(c2ccccc2)c2ccc3cccnc3c2[O][Hg][O]c2c(C(Nc3cccc([N+](=O)[O-])c3)c3ccccc3)ccc3cccnc23)c1. The summed E-state index contributed by atoms with van der Waals surface area (Å²) in [6.45, 7) is 0. The number of hydrogen-bond donors (Lipinski definition) is 2. The summed E-state index contributed by atoms with van der Waals surface area (Å²) in [5.41, 5.74) is 5.81. The zero-order valence-corrected chi connectivity index (χ0v) is 35.8. The topological polar surface area (TPSA) is 155 Å². The second-order valence-corrected chi connectivity index (χ2v) is 16.3. The van der Waals surface area contributed by atoms with Gasteiger partial charge < -0.3 is 0 Å². The third-order valence-corrected chi connectivity index (χ3v) is 12.7. The van der Waals surface area contributed by atoms with Gasteiger partial charge in [-0.2, -0.15) is 0 Å². The molecule has 12 nitrogen and oxygen atoms in total. The van der Waals surface area contributed by atoms with Crippen LogP contribution in [0.3, 0.4) is 0 Å². The van der Waals surface area contributed by atoms with Crippen molar-refractivity contribution in [1.82, 2.24) is 9.97 Å². The van der Waals surface area contributed by atoms with Gasteiger partial charge in [0.25, 0.3) is 0 Å². The first kappa shape index (κ1) is 37.0. The molecule has 2 N–H and O–H groups in total. The van der Waals surface area contributed by atoms with E-state index in [0.29, 0.717) is 33.9 Å². The summed E-state index contributed by atoms with van der Waals surface area (Å²) in [5.74, 6) is 1.12. The fraction of sp³-hybridized carbons (Fsp3) is 0.0455. The predicted molar refractivity (Wildman–Crippen MR) is 215 cm³/mol. The van der Waals surface area contributed by atoms with Crippen LogP contribution in [0, 0.1) is 20.2 Å². The Morgan fingerprint density at radius 2 is 0.947 bits per heavy atom. The number of anilines is 2. The minimum atomic E-state index is -2.92. The number of nitro groups is 2. The van der Waals surface area contributed by atoms with E-state index in [4.69, 9.17) is 15.3 Å². The molecule has 0 aliphatic carbocycles. The molecule has 0 fully saturated rings. The summed E-state index contributed by atoms with van der Waals surface area (Å²) in [6, 6.07) is 47.2. The van der Waals surface area contributed by atoms with Gasteiger partial charge in [0.2, 0.25) is 0 Å². The molecular weight excluding hydrogens is 909 g/mol. The van der Waals surface area contributed by atoms with Crippen molar-refractivity contribution in [3.8, 4) is 11.5 Å². The maximum absolute atomic E-state index is 11.7. The molecular formula is C44H32HgN6O6. The van der Waals surface area contributed by atoms with E-state index in [0.717, 1.165) is 33.0 Å². The predicted octanol–water partition coefficient (Wildman–Crippen LogP) is 10.4. The number of rotatable bonds is 14. The second kappa shape index (κ2) is 16.8. The molecule has 0 spiro atoms. The van der Waals surface area contributed by atoms with Crippen LogP contribution in [-0.4, -0.2) is 19.8 Å². The normalized spacial score (nSPS) is 11.9. The summed E-state index contributed by atoms with van der Waals surface area (Å²) >= 11 is -2.92. The Bertz CT molecular complexity index is 2540. The number of nitro benzene ring substituents is 2. The Balaban J connectivity index is 1.20. The van der Waals surface area contributed by atoms with Crippen molar-refractivity contribution in [1.29, 1.82) is 0 Å². The fourth-order valence-electron chi connectivity index (χ4n) is 6.90. The van der Waals surface area contributed by atoms with Crippen LogP contribution in [0.1, 0.15) is 34.3 Å². The molecule has 8 aromatic rings. The first-order valence-electron chi connectivity index (χ1n) is 18.1. The summed E-state index contributed by atoms with van der Waals surface area (Å²) in [6.07, 6.45) is 3.44. The van der Waals surface area contributed by atoms with E-state index in [2.05, 4.69) is 10.6 Å². The van der Waals surface area contributed by atoms with Gasteiger partial charge in [-0.15, -0.1) is 0 Å². The summed E-state index contributed by atoms with van der Waals surface area (Å²) in [7, 11) is 0. The van der Waals surface area contributed by atoms with E-state index in [1.54, 1.807) is 36.7 Å². The Kier molecular flexibility index (Phi) is 10.9. The number of fused-ring (bicyclic) bond motifs is 2. The van der Waals surface area contributed by atoms with Crippen molar-refractivity contribution in [2.24, 2.45) is 0 Å². The number of benzene rings is 6. The molecule has 2 atom stereocenters.